The van der Waals surface area contributed by atoms with Crippen LogP contribution >= 0.6 is 24.0 Å². The molecule has 0 amide bonds. The maximum atomic E-state index is 11.8. The molecule has 0 saturated carbocycles. The second-order valence-electron chi connectivity index (χ2n) is 5.77. The number of hydrogen-bond donors (Lipinski definition) is 1. The van der Waals surface area contributed by atoms with E-state index >= 15 is 0 Å². The van der Waals surface area contributed by atoms with E-state index in [4.69, 9.17) is 4.74 Å². The summed E-state index contributed by atoms with van der Waals surface area (Å²) in [7, 11) is 0. The van der Waals surface area contributed by atoms with Gasteiger partial charge in [0.25, 0.3) is 0 Å². The molecule has 1 aromatic heterocycles. The van der Waals surface area contributed by atoms with Crippen LogP contribution in [0.2, 0.25) is 0 Å². The Balaban J connectivity index is 1.90. The van der Waals surface area contributed by atoms with E-state index in [0.29, 0.717) is 6.61 Å². The molecule has 0 aliphatic carbocycles. The molecule has 0 saturated heterocycles. The molecule has 126 valence electrons. The lowest BCUT2D eigenvalue weighted by Crippen LogP contribution is -2.11. The van der Waals surface area contributed by atoms with Crippen LogP contribution < -0.4 is 0 Å². The first-order valence-corrected chi connectivity index (χ1v) is 10.0. The molecule has 22 heavy (non-hydrogen) atoms. The third kappa shape index (κ3) is 8.84. The van der Waals surface area contributed by atoms with E-state index in [-0.39, 0.29) is 5.97 Å². The molecule has 4 heteroatoms. The Morgan fingerprint density at radius 1 is 1.09 bits per heavy atom. The number of esters is 1. The van der Waals surface area contributed by atoms with Crippen molar-refractivity contribution in [3.05, 3.63) is 22.4 Å². The number of thiophene rings is 1. The molecule has 0 N–H and O–H groups in total. The first-order chi connectivity index (χ1) is 10.8. The molecular formula is C18H30O2S2. The lowest BCUT2D eigenvalue weighted by atomic mass is 10.1. The first kappa shape index (κ1) is 19.6. The van der Waals surface area contributed by atoms with Crippen LogP contribution in [0.1, 0.15) is 81.3 Å². The molecule has 0 radical (unpaired) electrons. The Labute approximate surface area is 145 Å². The molecule has 2 nitrogen and oxygen atoms in total. The third-order valence-corrected chi connectivity index (χ3v) is 5.38. The van der Waals surface area contributed by atoms with Crippen molar-refractivity contribution in [3.8, 4) is 0 Å². The van der Waals surface area contributed by atoms with E-state index in [1.54, 1.807) is 11.3 Å². The molecule has 1 aromatic rings. The van der Waals surface area contributed by atoms with Gasteiger partial charge in [-0.05, 0) is 17.9 Å². The van der Waals surface area contributed by atoms with Gasteiger partial charge in [-0.1, -0.05) is 70.8 Å². The molecule has 0 bridgehead atoms. The summed E-state index contributed by atoms with van der Waals surface area (Å²) < 4.78 is 5.29. The Hall–Kier alpha value is -0.480. The maximum absolute atomic E-state index is 11.8. The van der Waals surface area contributed by atoms with E-state index in [9.17, 15) is 4.79 Å². The number of ether oxygens (including phenoxy) is 1. The number of thiol groups is 1. The molecule has 0 aliphatic heterocycles. The molecule has 1 rings (SSSR count). The minimum absolute atomic E-state index is 0.221. The highest BCUT2D eigenvalue weighted by Gasteiger charge is 2.18. The van der Waals surface area contributed by atoms with Gasteiger partial charge in [0, 0.05) is 4.88 Å². The smallest absolute Gasteiger partial charge is 0.324 e. The zero-order valence-electron chi connectivity index (χ0n) is 13.8. The Bertz CT molecular complexity index is 376. The number of carbonyl (C=O) groups excluding carboxylic acids is 1. The van der Waals surface area contributed by atoms with E-state index in [2.05, 4.69) is 19.6 Å². The summed E-state index contributed by atoms with van der Waals surface area (Å²) in [4.78, 5) is 12.8. The molecule has 1 atom stereocenters. The Kier molecular flexibility index (Phi) is 11.6. The predicted octanol–water partition coefficient (Wildman–Crippen LogP) is 6.18. The quantitative estimate of drug-likeness (QED) is 0.263. The second-order valence-corrected chi connectivity index (χ2v) is 7.26. The average Bonchev–Trinajstić information content (AvgIpc) is 3.06. The molecule has 0 fully saturated rings. The second kappa shape index (κ2) is 13.0. The number of carbonyl (C=O) groups is 1. The summed E-state index contributed by atoms with van der Waals surface area (Å²) in [5.41, 5.74) is 0. The lowest BCUT2D eigenvalue weighted by molar-refractivity contribution is -0.143. The molecule has 0 aromatic carbocycles. The van der Waals surface area contributed by atoms with Crippen LogP contribution in [0.15, 0.2) is 17.5 Å². The normalized spacial score (nSPS) is 12.3. The maximum Gasteiger partial charge on any atom is 0.324 e. The van der Waals surface area contributed by atoms with Crippen molar-refractivity contribution in [1.82, 2.24) is 0 Å². The first-order valence-electron chi connectivity index (χ1n) is 8.63. The molecule has 0 spiro atoms. The largest absolute Gasteiger partial charge is 0.465 e. The fourth-order valence-corrected chi connectivity index (χ4v) is 3.44. The van der Waals surface area contributed by atoms with E-state index in [1.165, 1.54) is 51.4 Å². The van der Waals surface area contributed by atoms with Gasteiger partial charge in [0.2, 0.25) is 0 Å². The standard InChI is InChI=1S/C18H30O2S2/c1-2-3-4-5-6-7-8-9-10-11-14-20-18(19)17(21)16-13-12-15-22-16/h12-13,15,17,21H,2-11,14H2,1H3. The van der Waals surface area contributed by atoms with Gasteiger partial charge >= 0.3 is 5.97 Å². The van der Waals surface area contributed by atoms with Crippen LogP contribution in [-0.4, -0.2) is 12.6 Å². The highest BCUT2D eigenvalue weighted by atomic mass is 32.1. The fraction of sp³-hybridized carbons (Fsp3) is 0.722. The van der Waals surface area contributed by atoms with E-state index in [1.807, 2.05) is 17.5 Å². The molecule has 0 aliphatic rings. The minimum atomic E-state index is -0.428. The van der Waals surface area contributed by atoms with Crippen LogP contribution in [0.4, 0.5) is 0 Å². The molecule has 1 heterocycles. The highest BCUT2D eigenvalue weighted by molar-refractivity contribution is 7.81. The zero-order chi connectivity index (χ0) is 16.0. The number of hydrogen-bond acceptors (Lipinski definition) is 4. The fourth-order valence-electron chi connectivity index (χ4n) is 2.40. The van der Waals surface area contributed by atoms with Crippen molar-refractivity contribution in [2.24, 2.45) is 0 Å². The third-order valence-electron chi connectivity index (χ3n) is 3.78. The van der Waals surface area contributed by atoms with Gasteiger partial charge in [0.05, 0.1) is 6.61 Å². The lowest BCUT2D eigenvalue weighted by Gasteiger charge is -2.09. The average molecular weight is 343 g/mol. The van der Waals surface area contributed by atoms with Crippen molar-refractivity contribution in [2.45, 2.75) is 76.4 Å². The predicted molar refractivity (Wildman–Crippen MR) is 98.8 cm³/mol. The topological polar surface area (TPSA) is 26.3 Å². The summed E-state index contributed by atoms with van der Waals surface area (Å²) in [6.07, 6.45) is 12.9. The monoisotopic (exact) mass is 342 g/mol. The van der Waals surface area contributed by atoms with Crippen molar-refractivity contribution < 1.29 is 9.53 Å². The summed E-state index contributed by atoms with van der Waals surface area (Å²) in [6.45, 7) is 2.78. The van der Waals surface area contributed by atoms with Crippen LogP contribution in [0, 0.1) is 0 Å². The molecular weight excluding hydrogens is 312 g/mol. The van der Waals surface area contributed by atoms with Crippen LogP contribution in [0.5, 0.6) is 0 Å². The number of rotatable bonds is 13. The highest BCUT2D eigenvalue weighted by Crippen LogP contribution is 2.25. The van der Waals surface area contributed by atoms with Gasteiger partial charge in [-0.3, -0.25) is 4.79 Å². The van der Waals surface area contributed by atoms with Gasteiger partial charge in [-0.15, -0.1) is 11.3 Å². The van der Waals surface area contributed by atoms with Crippen LogP contribution in [0.25, 0.3) is 0 Å². The van der Waals surface area contributed by atoms with Crippen molar-refractivity contribution >= 4 is 29.9 Å². The van der Waals surface area contributed by atoms with Gasteiger partial charge < -0.3 is 4.74 Å². The van der Waals surface area contributed by atoms with Crippen molar-refractivity contribution in [3.63, 3.8) is 0 Å². The summed E-state index contributed by atoms with van der Waals surface area (Å²) >= 11 is 5.86. The van der Waals surface area contributed by atoms with E-state index in [0.717, 1.165) is 17.7 Å². The number of unbranched alkanes of at least 4 members (excludes halogenated alkanes) is 9. The Morgan fingerprint density at radius 3 is 2.23 bits per heavy atom. The summed E-state index contributed by atoms with van der Waals surface area (Å²) in [5.74, 6) is -0.221. The molecule has 1 unspecified atom stereocenters. The van der Waals surface area contributed by atoms with Crippen molar-refractivity contribution in [2.75, 3.05) is 6.61 Å². The Morgan fingerprint density at radius 2 is 1.68 bits per heavy atom. The van der Waals surface area contributed by atoms with Gasteiger partial charge in [-0.25, -0.2) is 0 Å². The van der Waals surface area contributed by atoms with Crippen LogP contribution in [0.3, 0.4) is 0 Å². The SMILES string of the molecule is CCCCCCCCCCCCOC(=O)C(S)c1cccs1. The minimum Gasteiger partial charge on any atom is -0.465 e. The summed E-state index contributed by atoms with van der Waals surface area (Å²) in [5, 5.41) is 1.52. The summed E-state index contributed by atoms with van der Waals surface area (Å²) in [6, 6.07) is 3.85. The van der Waals surface area contributed by atoms with Crippen LogP contribution in [-0.2, 0) is 9.53 Å². The van der Waals surface area contributed by atoms with Crippen molar-refractivity contribution in [1.29, 1.82) is 0 Å². The zero-order valence-corrected chi connectivity index (χ0v) is 15.5. The van der Waals surface area contributed by atoms with Gasteiger partial charge in [0.15, 0.2) is 0 Å². The van der Waals surface area contributed by atoms with E-state index < -0.39 is 5.25 Å². The van der Waals surface area contributed by atoms with Gasteiger partial charge in [-0.2, -0.15) is 12.6 Å². The van der Waals surface area contributed by atoms with Gasteiger partial charge in [0.1, 0.15) is 5.25 Å².